The van der Waals surface area contributed by atoms with Crippen LogP contribution in [0.2, 0.25) is 0 Å². The molecule has 0 aliphatic carbocycles. The first-order chi connectivity index (χ1) is 9.11. The van der Waals surface area contributed by atoms with E-state index in [-0.39, 0.29) is 17.1 Å². The van der Waals surface area contributed by atoms with E-state index in [0.717, 1.165) is 12.1 Å². The van der Waals surface area contributed by atoms with Gasteiger partial charge in [0.15, 0.2) is 0 Å². The van der Waals surface area contributed by atoms with Gasteiger partial charge in [0.1, 0.15) is 23.1 Å². The van der Waals surface area contributed by atoms with Crippen LogP contribution >= 0.6 is 0 Å². The fourth-order valence-electron chi connectivity index (χ4n) is 1.49. The molecule has 1 aromatic carbocycles. The van der Waals surface area contributed by atoms with Crippen molar-refractivity contribution in [1.82, 2.24) is 4.98 Å². The van der Waals surface area contributed by atoms with Gasteiger partial charge in [0.2, 0.25) is 0 Å². The highest BCUT2D eigenvalue weighted by Gasteiger charge is 2.11. The number of nitrogens with zero attached hydrogens (tertiary/aromatic N) is 1. The third kappa shape index (κ3) is 2.85. The Kier molecular flexibility index (Phi) is 3.70. The predicted molar refractivity (Wildman–Crippen MR) is 65.2 cm³/mol. The van der Waals surface area contributed by atoms with Crippen LogP contribution in [0.1, 0.15) is 10.4 Å². The first-order valence-electron chi connectivity index (χ1n) is 5.37. The summed E-state index contributed by atoms with van der Waals surface area (Å²) in [5, 5.41) is 2.49. The fraction of sp³-hybridized carbons (Fsp3) is 0.0769. The summed E-state index contributed by atoms with van der Waals surface area (Å²) in [6, 6.07) is 6.28. The van der Waals surface area contributed by atoms with E-state index in [0.29, 0.717) is 0 Å². The Bertz CT molecular complexity index is 597. The molecule has 98 valence electrons. The number of carbonyl (C=O) groups is 1. The number of rotatable bonds is 3. The maximum atomic E-state index is 13.4. The zero-order valence-corrected chi connectivity index (χ0v) is 9.98. The molecule has 0 spiro atoms. The summed E-state index contributed by atoms with van der Waals surface area (Å²) in [5.74, 6) is -1.90. The molecule has 19 heavy (non-hydrogen) atoms. The Hall–Kier alpha value is -2.50. The van der Waals surface area contributed by atoms with Crippen LogP contribution in [0.3, 0.4) is 0 Å². The number of anilines is 2. The van der Waals surface area contributed by atoms with Crippen LogP contribution < -0.4 is 5.32 Å². The van der Waals surface area contributed by atoms with Crippen molar-refractivity contribution >= 4 is 17.5 Å². The van der Waals surface area contributed by atoms with Gasteiger partial charge in [-0.15, -0.1) is 0 Å². The van der Waals surface area contributed by atoms with Crippen molar-refractivity contribution in [2.75, 3.05) is 12.4 Å². The average molecular weight is 264 g/mol. The third-order valence-corrected chi connectivity index (χ3v) is 2.40. The maximum absolute atomic E-state index is 13.4. The van der Waals surface area contributed by atoms with Crippen molar-refractivity contribution in [2.45, 2.75) is 0 Å². The van der Waals surface area contributed by atoms with Gasteiger partial charge < -0.3 is 10.1 Å². The normalized spacial score (nSPS) is 10.1. The summed E-state index contributed by atoms with van der Waals surface area (Å²) in [6.07, 6.45) is 1.34. The molecule has 0 bridgehead atoms. The highest BCUT2D eigenvalue weighted by Crippen LogP contribution is 2.22. The molecule has 0 aliphatic heterocycles. The number of aromatic nitrogens is 1. The minimum absolute atomic E-state index is 0.145. The molecule has 1 heterocycles. The van der Waals surface area contributed by atoms with Gasteiger partial charge in [-0.3, -0.25) is 0 Å². The van der Waals surface area contributed by atoms with Crippen LogP contribution in [0.5, 0.6) is 0 Å². The minimum atomic E-state index is -0.745. The molecule has 2 rings (SSSR count). The van der Waals surface area contributed by atoms with Crippen LogP contribution in [0.25, 0.3) is 0 Å². The Morgan fingerprint density at radius 3 is 2.58 bits per heavy atom. The number of hydrogen-bond acceptors (Lipinski definition) is 4. The van der Waals surface area contributed by atoms with Gasteiger partial charge in [-0.05, 0) is 24.3 Å². The molecule has 0 amide bonds. The smallest absolute Gasteiger partial charge is 0.338 e. The molecule has 0 saturated heterocycles. The van der Waals surface area contributed by atoms with E-state index in [2.05, 4.69) is 15.0 Å². The zero-order valence-electron chi connectivity index (χ0n) is 9.98. The number of esters is 1. The number of ether oxygens (including phenoxy) is 1. The number of methoxy groups -OCH3 is 1. The molecule has 0 unspecified atom stereocenters. The number of benzene rings is 1. The van der Waals surface area contributed by atoms with E-state index in [9.17, 15) is 13.6 Å². The Balaban J connectivity index is 2.31. The molecular formula is C13H10F2N2O2. The van der Waals surface area contributed by atoms with Crippen molar-refractivity contribution in [3.63, 3.8) is 0 Å². The van der Waals surface area contributed by atoms with Crippen molar-refractivity contribution in [3.05, 3.63) is 53.7 Å². The number of carbonyl (C=O) groups excluding carboxylic acids is 1. The highest BCUT2D eigenvalue weighted by atomic mass is 19.1. The lowest BCUT2D eigenvalue weighted by atomic mass is 10.2. The molecule has 0 aliphatic rings. The number of para-hydroxylation sites is 1. The molecule has 1 aromatic heterocycles. The van der Waals surface area contributed by atoms with Crippen LogP contribution in [0.15, 0.2) is 36.5 Å². The molecule has 0 radical (unpaired) electrons. The van der Waals surface area contributed by atoms with E-state index in [4.69, 9.17) is 0 Å². The van der Waals surface area contributed by atoms with Gasteiger partial charge in [0.05, 0.1) is 12.7 Å². The van der Waals surface area contributed by atoms with Gasteiger partial charge in [-0.2, -0.15) is 0 Å². The minimum Gasteiger partial charge on any atom is -0.465 e. The monoisotopic (exact) mass is 264 g/mol. The molecule has 4 nitrogen and oxygen atoms in total. The SMILES string of the molecule is COC(=O)c1ccnc(Nc2c(F)cccc2F)c1. The Morgan fingerprint density at radius 2 is 1.95 bits per heavy atom. The van der Waals surface area contributed by atoms with Crippen molar-refractivity contribution in [3.8, 4) is 0 Å². The van der Waals surface area contributed by atoms with Gasteiger partial charge in [-0.25, -0.2) is 18.6 Å². The number of pyridine rings is 1. The van der Waals surface area contributed by atoms with Gasteiger partial charge in [-0.1, -0.05) is 6.07 Å². The Labute approximate surface area is 108 Å². The van der Waals surface area contributed by atoms with Crippen LogP contribution in [-0.2, 0) is 4.74 Å². The summed E-state index contributed by atoms with van der Waals surface area (Å²) in [4.78, 5) is 15.2. The Morgan fingerprint density at radius 1 is 1.26 bits per heavy atom. The first-order valence-corrected chi connectivity index (χ1v) is 5.37. The average Bonchev–Trinajstić information content (AvgIpc) is 2.42. The number of nitrogens with one attached hydrogen (secondary N) is 1. The summed E-state index contributed by atoms with van der Waals surface area (Å²) in [7, 11) is 1.24. The molecule has 1 N–H and O–H groups in total. The van der Waals surface area contributed by atoms with Gasteiger partial charge in [0.25, 0.3) is 0 Å². The lowest BCUT2D eigenvalue weighted by Crippen LogP contribution is -2.04. The lowest BCUT2D eigenvalue weighted by Gasteiger charge is -2.08. The summed E-state index contributed by atoms with van der Waals surface area (Å²) >= 11 is 0. The second kappa shape index (κ2) is 5.43. The molecule has 6 heteroatoms. The van der Waals surface area contributed by atoms with Crippen molar-refractivity contribution < 1.29 is 18.3 Å². The summed E-state index contributed by atoms with van der Waals surface area (Å²) in [5.41, 5.74) is -0.0891. The number of halogens is 2. The topological polar surface area (TPSA) is 51.2 Å². The van der Waals surface area contributed by atoms with Crippen LogP contribution in [0.4, 0.5) is 20.3 Å². The highest BCUT2D eigenvalue weighted by molar-refractivity contribution is 5.90. The van der Waals surface area contributed by atoms with Gasteiger partial charge >= 0.3 is 5.97 Å². The summed E-state index contributed by atoms with van der Waals surface area (Å²) < 4.78 is 31.4. The third-order valence-electron chi connectivity index (χ3n) is 2.40. The van der Waals surface area contributed by atoms with E-state index in [1.165, 1.54) is 31.5 Å². The quantitative estimate of drug-likeness (QED) is 0.866. The largest absolute Gasteiger partial charge is 0.465 e. The van der Waals surface area contributed by atoms with E-state index in [1.807, 2.05) is 0 Å². The molecular weight excluding hydrogens is 254 g/mol. The van der Waals surface area contributed by atoms with Crippen LogP contribution in [0, 0.1) is 11.6 Å². The zero-order chi connectivity index (χ0) is 13.8. The molecule has 0 saturated carbocycles. The van der Waals surface area contributed by atoms with Crippen LogP contribution in [-0.4, -0.2) is 18.1 Å². The molecule has 0 atom stereocenters. The first kappa shape index (κ1) is 12.9. The van der Waals surface area contributed by atoms with E-state index >= 15 is 0 Å². The second-order valence-corrected chi connectivity index (χ2v) is 3.64. The summed E-state index contributed by atoms with van der Waals surface area (Å²) in [6.45, 7) is 0. The second-order valence-electron chi connectivity index (χ2n) is 3.64. The fourth-order valence-corrected chi connectivity index (χ4v) is 1.49. The van der Waals surface area contributed by atoms with Crippen molar-refractivity contribution in [1.29, 1.82) is 0 Å². The predicted octanol–water partition coefficient (Wildman–Crippen LogP) is 2.89. The van der Waals surface area contributed by atoms with Gasteiger partial charge in [0, 0.05) is 6.20 Å². The standard InChI is InChI=1S/C13H10F2N2O2/c1-19-13(18)8-5-6-16-11(7-8)17-12-9(14)3-2-4-10(12)15/h2-7H,1H3,(H,16,17). The molecule has 0 fully saturated rings. The lowest BCUT2D eigenvalue weighted by molar-refractivity contribution is 0.0600. The maximum Gasteiger partial charge on any atom is 0.338 e. The molecule has 2 aromatic rings. The number of hydrogen-bond donors (Lipinski definition) is 1. The van der Waals surface area contributed by atoms with Crippen molar-refractivity contribution in [2.24, 2.45) is 0 Å². The van der Waals surface area contributed by atoms with E-state index < -0.39 is 17.6 Å². The van der Waals surface area contributed by atoms with E-state index in [1.54, 1.807) is 0 Å².